The Morgan fingerprint density at radius 3 is 2.49 bits per heavy atom. The fraction of sp³-hybridized carbons (Fsp3) is 0.643. The highest BCUT2D eigenvalue weighted by Crippen LogP contribution is 2.71. The maximum absolute atomic E-state index is 13.5. The standard InChI is InChI=1S/C28H34O11/c1-11(2)12(3)7-17(30)39-20-22-27-10-37-28(22,25(35)36-6)23(33)19(32)21(27)26(5)9-15(29)18(31)13(4)14(26)8-16(27)38-24(20)34/h7,9,11,16,19-23,29,32-33H,8,10H2,1-6H3/b12-7+/t16-,19-,20-,21-,22-,23+,26+,27-,28+/m1/s1. The minimum Gasteiger partial charge on any atom is -0.504 e. The normalized spacial score (nSPS) is 42.9. The first kappa shape index (κ1) is 27.5. The summed E-state index contributed by atoms with van der Waals surface area (Å²) < 4.78 is 22.6. The first-order chi connectivity index (χ1) is 18.2. The largest absolute Gasteiger partial charge is 0.504 e. The Bertz CT molecular complexity index is 1260. The van der Waals surface area contributed by atoms with Crippen molar-refractivity contribution in [1.82, 2.24) is 0 Å². The molecule has 4 fully saturated rings. The molecule has 0 aromatic heterocycles. The number of aliphatic hydroxyl groups excluding tert-OH is 3. The van der Waals surface area contributed by atoms with Gasteiger partial charge >= 0.3 is 17.9 Å². The van der Waals surface area contributed by atoms with E-state index in [1.54, 1.807) is 20.8 Å². The summed E-state index contributed by atoms with van der Waals surface area (Å²) in [7, 11) is 1.09. The van der Waals surface area contributed by atoms with Gasteiger partial charge in [0, 0.05) is 34.8 Å². The number of methoxy groups -OCH3 is 1. The molecule has 212 valence electrons. The number of carbonyl (C=O) groups excluding carboxylic acids is 4. The van der Waals surface area contributed by atoms with Gasteiger partial charge in [-0.15, -0.1) is 0 Å². The first-order valence-electron chi connectivity index (χ1n) is 13.0. The average molecular weight is 547 g/mol. The summed E-state index contributed by atoms with van der Waals surface area (Å²) >= 11 is 0. The highest BCUT2D eigenvalue weighted by molar-refractivity contribution is 6.08. The third-order valence-corrected chi connectivity index (χ3v) is 9.83. The number of hydrogen-bond donors (Lipinski definition) is 3. The molecule has 0 amide bonds. The van der Waals surface area contributed by atoms with Crippen molar-refractivity contribution >= 4 is 23.7 Å². The zero-order chi connectivity index (χ0) is 28.8. The fourth-order valence-electron chi connectivity index (χ4n) is 7.83. The molecule has 3 aliphatic carbocycles. The fourth-order valence-corrected chi connectivity index (χ4v) is 7.83. The van der Waals surface area contributed by atoms with E-state index in [0.717, 1.165) is 7.11 Å². The molecule has 0 radical (unpaired) electrons. The van der Waals surface area contributed by atoms with Crippen LogP contribution < -0.4 is 0 Å². The maximum Gasteiger partial charge on any atom is 0.348 e. The first-order valence-corrected chi connectivity index (χ1v) is 13.0. The third kappa shape index (κ3) is 3.32. The minimum absolute atomic E-state index is 0.0241. The van der Waals surface area contributed by atoms with Gasteiger partial charge in [-0.2, -0.15) is 0 Å². The molecule has 2 heterocycles. The Kier molecular flexibility index (Phi) is 6.17. The molecule has 2 aliphatic heterocycles. The Labute approximate surface area is 225 Å². The predicted octanol–water partition coefficient (Wildman–Crippen LogP) is 1.07. The van der Waals surface area contributed by atoms with Crippen molar-refractivity contribution in [2.24, 2.45) is 28.6 Å². The Hall–Kier alpha value is -3.02. The Balaban J connectivity index is 1.73. The van der Waals surface area contributed by atoms with Crippen LogP contribution in [0.3, 0.4) is 0 Å². The SMILES string of the molecule is COC(=O)[C@@]12OC[C@@]34[C@@H](CC5=C(C)C(=O)C(O)=C[C@]5(C)[C@H]3[C@@H](O)[C@@H]1O)OC(=O)[C@H](OC(=O)/C=C(\C)C(C)C)[C@@H]24. The van der Waals surface area contributed by atoms with E-state index >= 15 is 0 Å². The molecule has 2 bridgehead atoms. The van der Waals surface area contributed by atoms with E-state index in [-0.39, 0.29) is 24.5 Å². The zero-order valence-electron chi connectivity index (χ0n) is 22.7. The van der Waals surface area contributed by atoms with Gasteiger partial charge in [0.25, 0.3) is 0 Å². The van der Waals surface area contributed by atoms with Crippen LogP contribution in [0.25, 0.3) is 0 Å². The van der Waals surface area contributed by atoms with E-state index in [4.69, 9.17) is 18.9 Å². The van der Waals surface area contributed by atoms with E-state index in [1.807, 2.05) is 13.8 Å². The van der Waals surface area contributed by atoms with Crippen LogP contribution in [0.2, 0.25) is 0 Å². The molecule has 2 saturated heterocycles. The van der Waals surface area contributed by atoms with E-state index in [9.17, 15) is 34.5 Å². The molecule has 9 atom stereocenters. The van der Waals surface area contributed by atoms with Gasteiger partial charge in [0.2, 0.25) is 17.5 Å². The Morgan fingerprint density at radius 1 is 1.21 bits per heavy atom. The number of fused-ring (bicyclic) bond motifs is 2. The number of carbonyl (C=O) groups is 4. The molecule has 11 heteroatoms. The van der Waals surface area contributed by atoms with Crippen LogP contribution in [0.5, 0.6) is 0 Å². The lowest BCUT2D eigenvalue weighted by atomic mass is 9.40. The van der Waals surface area contributed by atoms with Crippen molar-refractivity contribution in [2.45, 2.75) is 71.1 Å². The van der Waals surface area contributed by atoms with Crippen molar-refractivity contribution in [3.8, 4) is 0 Å². The summed E-state index contributed by atoms with van der Waals surface area (Å²) in [6.45, 7) is 8.52. The van der Waals surface area contributed by atoms with Gasteiger partial charge in [0.1, 0.15) is 12.2 Å². The van der Waals surface area contributed by atoms with Gasteiger partial charge in [-0.3, -0.25) is 4.79 Å². The molecular formula is C28H34O11. The number of Topliss-reactive ketones (excluding diaryl/α,β-unsaturated/α-hetero) is 1. The molecule has 5 aliphatic rings. The number of aliphatic hydroxyl groups is 3. The van der Waals surface area contributed by atoms with Crippen LogP contribution in [0.1, 0.15) is 41.0 Å². The molecule has 5 rings (SSSR count). The summed E-state index contributed by atoms with van der Waals surface area (Å²) in [5, 5.41) is 33.8. The van der Waals surface area contributed by atoms with Crippen LogP contribution >= 0.6 is 0 Å². The number of rotatable bonds is 4. The van der Waals surface area contributed by atoms with Crippen molar-refractivity contribution in [2.75, 3.05) is 13.7 Å². The summed E-state index contributed by atoms with van der Waals surface area (Å²) in [6.07, 6.45) is -3.55. The number of allylic oxidation sites excluding steroid dienone is 3. The second-order valence-corrected chi connectivity index (χ2v) is 11.9. The van der Waals surface area contributed by atoms with E-state index in [0.29, 0.717) is 11.1 Å². The minimum atomic E-state index is -2.24. The van der Waals surface area contributed by atoms with Gasteiger partial charge in [-0.25, -0.2) is 14.4 Å². The van der Waals surface area contributed by atoms with E-state index < -0.39 is 82.1 Å². The number of hydrogen-bond acceptors (Lipinski definition) is 11. The predicted molar refractivity (Wildman–Crippen MR) is 132 cm³/mol. The zero-order valence-corrected chi connectivity index (χ0v) is 22.7. The molecular weight excluding hydrogens is 512 g/mol. The monoisotopic (exact) mass is 546 g/mol. The lowest BCUT2D eigenvalue weighted by Crippen LogP contribution is -2.78. The summed E-state index contributed by atoms with van der Waals surface area (Å²) in [5.41, 5.74) is -3.31. The van der Waals surface area contributed by atoms with Crippen molar-refractivity contribution in [3.63, 3.8) is 0 Å². The van der Waals surface area contributed by atoms with Crippen LogP contribution in [0.4, 0.5) is 0 Å². The van der Waals surface area contributed by atoms with E-state index in [1.165, 1.54) is 12.2 Å². The van der Waals surface area contributed by atoms with Crippen molar-refractivity contribution < 1.29 is 53.4 Å². The smallest absolute Gasteiger partial charge is 0.348 e. The highest BCUT2D eigenvalue weighted by atomic mass is 16.6. The van der Waals surface area contributed by atoms with Crippen LogP contribution in [0.15, 0.2) is 34.6 Å². The number of ether oxygens (including phenoxy) is 4. The van der Waals surface area contributed by atoms with Gasteiger partial charge in [0.15, 0.2) is 5.76 Å². The molecule has 1 spiro atoms. The second-order valence-electron chi connectivity index (χ2n) is 11.9. The Morgan fingerprint density at radius 2 is 1.87 bits per heavy atom. The molecule has 0 aromatic rings. The second kappa shape index (κ2) is 8.74. The van der Waals surface area contributed by atoms with Crippen LogP contribution in [0, 0.1) is 28.6 Å². The van der Waals surface area contributed by atoms with Gasteiger partial charge in [-0.05, 0) is 31.4 Å². The quantitative estimate of drug-likeness (QED) is 0.262. The molecule has 39 heavy (non-hydrogen) atoms. The average Bonchev–Trinajstić information content (AvgIpc) is 3.18. The van der Waals surface area contributed by atoms with Gasteiger partial charge in [0.05, 0.1) is 25.7 Å². The lowest BCUT2D eigenvalue weighted by molar-refractivity contribution is -0.272. The lowest BCUT2D eigenvalue weighted by Gasteiger charge is -2.65. The molecule has 0 unspecified atom stereocenters. The van der Waals surface area contributed by atoms with Crippen molar-refractivity contribution in [1.29, 1.82) is 0 Å². The molecule has 0 aromatic carbocycles. The topological polar surface area (TPSA) is 166 Å². The summed E-state index contributed by atoms with van der Waals surface area (Å²) in [6, 6.07) is 0. The summed E-state index contributed by atoms with van der Waals surface area (Å²) in [4.78, 5) is 52.5. The third-order valence-electron chi connectivity index (χ3n) is 9.83. The molecule has 2 saturated carbocycles. The van der Waals surface area contributed by atoms with E-state index in [2.05, 4.69) is 0 Å². The maximum atomic E-state index is 13.5. The molecule has 11 nitrogen and oxygen atoms in total. The molecule has 3 N–H and O–H groups in total. The number of esters is 3. The van der Waals surface area contributed by atoms with Gasteiger partial charge < -0.3 is 34.3 Å². The highest BCUT2D eigenvalue weighted by Gasteiger charge is 2.84. The van der Waals surface area contributed by atoms with Gasteiger partial charge in [-0.1, -0.05) is 26.3 Å². The summed E-state index contributed by atoms with van der Waals surface area (Å²) in [5.74, 6) is -6.19. The van der Waals surface area contributed by atoms with Crippen LogP contribution in [-0.2, 0) is 38.1 Å². The van der Waals surface area contributed by atoms with Crippen LogP contribution in [-0.4, -0.2) is 82.7 Å². The number of ketones is 1. The van der Waals surface area contributed by atoms with Crippen molar-refractivity contribution in [3.05, 3.63) is 34.6 Å².